The van der Waals surface area contributed by atoms with Gasteiger partial charge in [-0.15, -0.1) is 0 Å². The number of piperidine rings is 1. The lowest BCUT2D eigenvalue weighted by molar-refractivity contribution is 0.0326. The monoisotopic (exact) mass is 289 g/mol. The van der Waals surface area contributed by atoms with E-state index in [0.717, 1.165) is 19.4 Å². The highest BCUT2D eigenvalue weighted by Crippen LogP contribution is 2.22. The second-order valence-electron chi connectivity index (χ2n) is 6.10. The van der Waals surface area contributed by atoms with Crippen LogP contribution in [0.5, 0.6) is 0 Å². The SMILES string of the molecule is c1ccc(C2CC(OCCCN3CCCCC3)NN2)cc1. The van der Waals surface area contributed by atoms with E-state index in [-0.39, 0.29) is 6.23 Å². The molecule has 1 aromatic carbocycles. The van der Waals surface area contributed by atoms with Crippen LogP contribution in [0, 0.1) is 0 Å². The quantitative estimate of drug-likeness (QED) is 0.789. The maximum atomic E-state index is 5.95. The summed E-state index contributed by atoms with van der Waals surface area (Å²) in [6, 6.07) is 10.9. The highest BCUT2D eigenvalue weighted by molar-refractivity contribution is 5.19. The maximum Gasteiger partial charge on any atom is 0.122 e. The second-order valence-corrected chi connectivity index (χ2v) is 6.10. The van der Waals surface area contributed by atoms with E-state index in [1.807, 2.05) is 0 Å². The summed E-state index contributed by atoms with van der Waals surface area (Å²) < 4.78 is 5.95. The number of benzene rings is 1. The van der Waals surface area contributed by atoms with Crippen LogP contribution in [0.25, 0.3) is 0 Å². The fourth-order valence-electron chi connectivity index (χ4n) is 3.24. The minimum atomic E-state index is 0.136. The van der Waals surface area contributed by atoms with Gasteiger partial charge in [-0.3, -0.25) is 0 Å². The molecule has 0 saturated carbocycles. The molecule has 4 heteroatoms. The Hall–Kier alpha value is -0.940. The van der Waals surface area contributed by atoms with Gasteiger partial charge in [-0.25, -0.2) is 10.9 Å². The Balaban J connectivity index is 1.32. The van der Waals surface area contributed by atoms with Gasteiger partial charge in [0, 0.05) is 19.6 Å². The number of hydrogen-bond donors (Lipinski definition) is 2. The van der Waals surface area contributed by atoms with Crippen molar-refractivity contribution >= 4 is 0 Å². The zero-order chi connectivity index (χ0) is 14.3. The van der Waals surface area contributed by atoms with Crippen LogP contribution >= 0.6 is 0 Å². The second kappa shape index (κ2) is 7.90. The number of hydrogen-bond acceptors (Lipinski definition) is 4. The van der Waals surface area contributed by atoms with Crippen LogP contribution in [0.3, 0.4) is 0 Å². The van der Waals surface area contributed by atoms with Gasteiger partial charge in [0.1, 0.15) is 6.23 Å². The van der Waals surface area contributed by atoms with Crippen molar-refractivity contribution in [3.63, 3.8) is 0 Å². The number of ether oxygens (including phenoxy) is 1. The molecule has 2 saturated heterocycles. The van der Waals surface area contributed by atoms with E-state index in [4.69, 9.17) is 4.74 Å². The molecule has 2 atom stereocenters. The van der Waals surface area contributed by atoms with Gasteiger partial charge < -0.3 is 9.64 Å². The first-order valence-corrected chi connectivity index (χ1v) is 8.32. The van der Waals surface area contributed by atoms with Crippen molar-refractivity contribution in [2.24, 2.45) is 0 Å². The van der Waals surface area contributed by atoms with Crippen molar-refractivity contribution in [1.82, 2.24) is 15.8 Å². The lowest BCUT2D eigenvalue weighted by Crippen LogP contribution is -2.34. The number of likely N-dealkylation sites (tertiary alicyclic amines) is 1. The number of rotatable bonds is 6. The first-order valence-electron chi connectivity index (χ1n) is 8.32. The maximum absolute atomic E-state index is 5.95. The topological polar surface area (TPSA) is 36.5 Å². The summed E-state index contributed by atoms with van der Waals surface area (Å²) in [4.78, 5) is 2.57. The van der Waals surface area contributed by atoms with Crippen molar-refractivity contribution in [3.05, 3.63) is 35.9 Å². The van der Waals surface area contributed by atoms with Gasteiger partial charge >= 0.3 is 0 Å². The Kier molecular flexibility index (Phi) is 5.63. The number of nitrogens with one attached hydrogen (secondary N) is 2. The minimum Gasteiger partial charge on any atom is -0.362 e. The molecular weight excluding hydrogens is 262 g/mol. The van der Waals surface area contributed by atoms with Crippen LogP contribution in [-0.4, -0.2) is 37.4 Å². The summed E-state index contributed by atoms with van der Waals surface area (Å²) >= 11 is 0. The zero-order valence-corrected chi connectivity index (χ0v) is 12.8. The molecule has 4 nitrogen and oxygen atoms in total. The van der Waals surface area contributed by atoms with Crippen molar-refractivity contribution < 1.29 is 4.74 Å². The summed E-state index contributed by atoms with van der Waals surface area (Å²) in [5, 5.41) is 0. The van der Waals surface area contributed by atoms with Crippen molar-refractivity contribution in [3.8, 4) is 0 Å². The molecule has 0 spiro atoms. The molecule has 2 aliphatic heterocycles. The Morgan fingerprint density at radius 2 is 1.86 bits per heavy atom. The molecule has 116 valence electrons. The normalized spacial score (nSPS) is 27.0. The van der Waals surface area contributed by atoms with Gasteiger partial charge in [0.05, 0.1) is 6.04 Å². The van der Waals surface area contributed by atoms with Crippen LogP contribution in [0.15, 0.2) is 30.3 Å². The van der Waals surface area contributed by atoms with Crippen molar-refractivity contribution in [1.29, 1.82) is 0 Å². The number of nitrogens with zero attached hydrogens (tertiary/aromatic N) is 1. The molecule has 0 radical (unpaired) electrons. The molecule has 2 unspecified atom stereocenters. The lowest BCUT2D eigenvalue weighted by atomic mass is 10.1. The van der Waals surface area contributed by atoms with Crippen LogP contribution < -0.4 is 10.9 Å². The van der Waals surface area contributed by atoms with E-state index >= 15 is 0 Å². The van der Waals surface area contributed by atoms with E-state index in [9.17, 15) is 0 Å². The van der Waals surface area contributed by atoms with Crippen LogP contribution in [0.1, 0.15) is 43.7 Å². The summed E-state index contributed by atoms with van der Waals surface area (Å²) in [6.45, 7) is 4.58. The van der Waals surface area contributed by atoms with E-state index in [1.165, 1.54) is 44.5 Å². The average molecular weight is 289 g/mol. The van der Waals surface area contributed by atoms with Crippen molar-refractivity contribution in [2.45, 2.75) is 44.4 Å². The Morgan fingerprint density at radius 1 is 1.05 bits per heavy atom. The molecule has 2 N–H and O–H groups in total. The van der Waals surface area contributed by atoms with Crippen LogP contribution in [0.2, 0.25) is 0 Å². The molecule has 0 aliphatic carbocycles. The predicted octanol–water partition coefficient (Wildman–Crippen LogP) is 2.44. The average Bonchev–Trinajstić information content (AvgIpc) is 3.02. The van der Waals surface area contributed by atoms with E-state index in [2.05, 4.69) is 46.1 Å². The van der Waals surface area contributed by atoms with Crippen molar-refractivity contribution in [2.75, 3.05) is 26.2 Å². The van der Waals surface area contributed by atoms with Gasteiger partial charge in [-0.05, 0) is 37.9 Å². The molecule has 2 aliphatic rings. The summed E-state index contributed by atoms with van der Waals surface area (Å²) in [5.41, 5.74) is 7.91. The summed E-state index contributed by atoms with van der Waals surface area (Å²) in [5.74, 6) is 0. The van der Waals surface area contributed by atoms with Crippen LogP contribution in [-0.2, 0) is 4.74 Å². The third kappa shape index (κ3) is 4.51. The fraction of sp³-hybridized carbons (Fsp3) is 0.647. The van der Waals surface area contributed by atoms with E-state index in [1.54, 1.807) is 0 Å². The van der Waals surface area contributed by atoms with E-state index in [0.29, 0.717) is 6.04 Å². The highest BCUT2D eigenvalue weighted by Gasteiger charge is 2.25. The lowest BCUT2D eigenvalue weighted by Gasteiger charge is -2.26. The molecule has 2 heterocycles. The molecule has 1 aromatic rings. The summed E-state index contributed by atoms with van der Waals surface area (Å²) in [7, 11) is 0. The minimum absolute atomic E-state index is 0.136. The van der Waals surface area contributed by atoms with Gasteiger partial charge in [-0.2, -0.15) is 0 Å². The third-order valence-corrected chi connectivity index (χ3v) is 4.46. The van der Waals surface area contributed by atoms with Gasteiger partial charge in [0.25, 0.3) is 0 Å². The first-order chi connectivity index (χ1) is 10.4. The Bertz CT molecular complexity index is 406. The first kappa shape index (κ1) is 15.0. The Labute approximate surface area is 127 Å². The highest BCUT2D eigenvalue weighted by atomic mass is 16.5. The third-order valence-electron chi connectivity index (χ3n) is 4.46. The molecular formula is C17H27N3O. The van der Waals surface area contributed by atoms with Gasteiger partial charge in [0.15, 0.2) is 0 Å². The van der Waals surface area contributed by atoms with E-state index < -0.39 is 0 Å². The van der Waals surface area contributed by atoms with Gasteiger partial charge in [-0.1, -0.05) is 36.8 Å². The van der Waals surface area contributed by atoms with Crippen LogP contribution in [0.4, 0.5) is 0 Å². The molecule has 21 heavy (non-hydrogen) atoms. The molecule has 0 aromatic heterocycles. The predicted molar refractivity (Wildman–Crippen MR) is 84.7 cm³/mol. The van der Waals surface area contributed by atoms with Gasteiger partial charge in [0.2, 0.25) is 0 Å². The molecule has 2 fully saturated rings. The Morgan fingerprint density at radius 3 is 2.67 bits per heavy atom. The smallest absolute Gasteiger partial charge is 0.122 e. The molecule has 3 rings (SSSR count). The largest absolute Gasteiger partial charge is 0.362 e. The number of hydrazine groups is 1. The fourth-order valence-corrected chi connectivity index (χ4v) is 3.24. The summed E-state index contributed by atoms with van der Waals surface area (Å²) in [6.07, 6.45) is 6.41. The molecule has 0 bridgehead atoms. The standard InChI is InChI=1S/C17H27N3O/c1-3-8-15(9-4-1)16-14-17(19-18-16)21-13-7-12-20-10-5-2-6-11-20/h1,3-4,8-9,16-19H,2,5-7,10-14H2. The zero-order valence-electron chi connectivity index (χ0n) is 12.8. The molecule has 0 amide bonds.